The van der Waals surface area contributed by atoms with Crippen LogP contribution < -0.4 is 0 Å². The first kappa shape index (κ1) is 17.0. The van der Waals surface area contributed by atoms with Gasteiger partial charge in [0.1, 0.15) is 17.2 Å². The van der Waals surface area contributed by atoms with Crippen LogP contribution in [0.3, 0.4) is 0 Å². The van der Waals surface area contributed by atoms with Gasteiger partial charge in [0.25, 0.3) is 0 Å². The molecule has 5 nitrogen and oxygen atoms in total. The lowest BCUT2D eigenvalue weighted by Crippen LogP contribution is -2.55. The van der Waals surface area contributed by atoms with Gasteiger partial charge in [0, 0.05) is 44.0 Å². The number of aryl methyl sites for hydroxylation is 1. The lowest BCUT2D eigenvalue weighted by atomic mass is 9.93. The van der Waals surface area contributed by atoms with Crippen molar-refractivity contribution in [3.63, 3.8) is 0 Å². The summed E-state index contributed by atoms with van der Waals surface area (Å²) < 4.78 is 19.3. The Balaban J connectivity index is 1.70. The maximum Gasteiger partial charge on any atom is 0.125 e. The van der Waals surface area contributed by atoms with Gasteiger partial charge >= 0.3 is 0 Å². The molecule has 2 heterocycles. The standard InChI is InChI=1S/C18H22FN3O2/c1-14-20-9-16(10-21-14)11-22-5-6-24-18(12-22,13-23)8-15-3-2-4-17(19)7-15/h2-4,7,9-10,23H,5-6,8,11-13H2,1H3/t18-/m1/s1. The Labute approximate surface area is 141 Å². The number of rotatable bonds is 5. The van der Waals surface area contributed by atoms with Gasteiger partial charge in [-0.1, -0.05) is 12.1 Å². The Morgan fingerprint density at radius 1 is 1.29 bits per heavy atom. The smallest absolute Gasteiger partial charge is 0.125 e. The van der Waals surface area contributed by atoms with Gasteiger partial charge < -0.3 is 9.84 Å². The van der Waals surface area contributed by atoms with Gasteiger partial charge in [-0.25, -0.2) is 14.4 Å². The van der Waals surface area contributed by atoms with E-state index in [1.807, 2.05) is 25.4 Å². The van der Waals surface area contributed by atoms with Crippen molar-refractivity contribution >= 4 is 0 Å². The van der Waals surface area contributed by atoms with Crippen LogP contribution in [-0.2, 0) is 17.7 Å². The summed E-state index contributed by atoms with van der Waals surface area (Å²) in [6.45, 7) is 4.34. The van der Waals surface area contributed by atoms with Crippen LogP contribution in [0.1, 0.15) is 17.0 Å². The van der Waals surface area contributed by atoms with Gasteiger partial charge in [0.15, 0.2) is 0 Å². The highest BCUT2D eigenvalue weighted by atomic mass is 19.1. The summed E-state index contributed by atoms with van der Waals surface area (Å²) in [7, 11) is 0. The van der Waals surface area contributed by atoms with E-state index in [4.69, 9.17) is 4.74 Å². The zero-order valence-corrected chi connectivity index (χ0v) is 13.8. The molecule has 1 saturated heterocycles. The van der Waals surface area contributed by atoms with Gasteiger partial charge in [-0.15, -0.1) is 0 Å². The Morgan fingerprint density at radius 3 is 2.79 bits per heavy atom. The zero-order chi connectivity index (χ0) is 17.0. The van der Waals surface area contributed by atoms with E-state index in [1.165, 1.54) is 12.1 Å². The molecule has 0 bridgehead atoms. The second-order valence-corrected chi connectivity index (χ2v) is 6.35. The molecule has 0 unspecified atom stereocenters. The molecular formula is C18H22FN3O2. The van der Waals surface area contributed by atoms with Crippen LogP contribution in [0.15, 0.2) is 36.7 Å². The fraction of sp³-hybridized carbons (Fsp3) is 0.444. The molecule has 1 aliphatic rings. The summed E-state index contributed by atoms with van der Waals surface area (Å²) in [6.07, 6.45) is 4.12. The zero-order valence-electron chi connectivity index (χ0n) is 13.8. The van der Waals surface area contributed by atoms with Crippen LogP contribution in [0.25, 0.3) is 0 Å². The molecule has 0 spiro atoms. The molecule has 6 heteroatoms. The summed E-state index contributed by atoms with van der Waals surface area (Å²) in [5.74, 6) is 0.474. The molecule has 0 amide bonds. The lowest BCUT2D eigenvalue weighted by Gasteiger charge is -2.42. The first-order valence-electron chi connectivity index (χ1n) is 8.08. The molecule has 1 N–H and O–H groups in total. The topological polar surface area (TPSA) is 58.5 Å². The predicted molar refractivity (Wildman–Crippen MR) is 87.9 cm³/mol. The maximum atomic E-state index is 13.4. The summed E-state index contributed by atoms with van der Waals surface area (Å²) >= 11 is 0. The molecule has 0 saturated carbocycles. The van der Waals surface area contributed by atoms with E-state index in [2.05, 4.69) is 14.9 Å². The van der Waals surface area contributed by atoms with E-state index in [9.17, 15) is 9.50 Å². The van der Waals surface area contributed by atoms with Crippen molar-refractivity contribution in [1.82, 2.24) is 14.9 Å². The van der Waals surface area contributed by atoms with Crippen LogP contribution in [0, 0.1) is 12.7 Å². The van der Waals surface area contributed by atoms with E-state index in [1.54, 1.807) is 6.07 Å². The molecule has 3 rings (SSSR count). The fourth-order valence-electron chi connectivity index (χ4n) is 3.10. The number of nitrogens with zero attached hydrogens (tertiary/aromatic N) is 3. The summed E-state index contributed by atoms with van der Waals surface area (Å²) in [5, 5.41) is 9.92. The Hall–Kier alpha value is -1.89. The molecule has 1 aliphatic heterocycles. The largest absolute Gasteiger partial charge is 0.393 e. The Kier molecular flexibility index (Phi) is 5.18. The van der Waals surface area contributed by atoms with Crippen molar-refractivity contribution in [1.29, 1.82) is 0 Å². The third-order valence-electron chi connectivity index (χ3n) is 4.27. The lowest BCUT2D eigenvalue weighted by molar-refractivity contribution is -0.134. The first-order chi connectivity index (χ1) is 11.6. The number of aromatic nitrogens is 2. The third kappa shape index (κ3) is 4.14. The molecule has 24 heavy (non-hydrogen) atoms. The molecule has 128 valence electrons. The second kappa shape index (κ2) is 7.34. The molecule has 1 aromatic carbocycles. The van der Waals surface area contributed by atoms with Crippen molar-refractivity contribution < 1.29 is 14.2 Å². The monoisotopic (exact) mass is 331 g/mol. The molecular weight excluding hydrogens is 309 g/mol. The fourth-order valence-corrected chi connectivity index (χ4v) is 3.10. The highest BCUT2D eigenvalue weighted by Crippen LogP contribution is 2.24. The van der Waals surface area contributed by atoms with Gasteiger partial charge in [-0.2, -0.15) is 0 Å². The molecule has 1 fully saturated rings. The average Bonchev–Trinajstić information content (AvgIpc) is 2.57. The Bertz CT molecular complexity index is 680. The van der Waals surface area contributed by atoms with E-state index in [-0.39, 0.29) is 12.4 Å². The summed E-state index contributed by atoms with van der Waals surface area (Å²) in [5.41, 5.74) is 1.14. The van der Waals surface area contributed by atoms with Crippen LogP contribution >= 0.6 is 0 Å². The quantitative estimate of drug-likeness (QED) is 0.904. The highest BCUT2D eigenvalue weighted by Gasteiger charge is 2.36. The number of aliphatic hydroxyl groups is 1. The minimum Gasteiger partial charge on any atom is -0.393 e. The third-order valence-corrected chi connectivity index (χ3v) is 4.27. The van der Waals surface area contributed by atoms with E-state index in [0.29, 0.717) is 26.1 Å². The average molecular weight is 331 g/mol. The molecule has 0 aliphatic carbocycles. The molecule has 0 radical (unpaired) electrons. The normalized spacial score (nSPS) is 21.8. The van der Waals surface area contributed by atoms with Gasteiger partial charge in [-0.3, -0.25) is 4.90 Å². The number of aliphatic hydroxyl groups excluding tert-OH is 1. The van der Waals surface area contributed by atoms with E-state index in [0.717, 1.165) is 23.5 Å². The number of hydrogen-bond donors (Lipinski definition) is 1. The van der Waals surface area contributed by atoms with Crippen LogP contribution in [0.5, 0.6) is 0 Å². The first-order valence-corrected chi connectivity index (χ1v) is 8.08. The van der Waals surface area contributed by atoms with Crippen molar-refractivity contribution in [3.05, 3.63) is 59.4 Å². The van der Waals surface area contributed by atoms with Crippen molar-refractivity contribution in [3.8, 4) is 0 Å². The van der Waals surface area contributed by atoms with Crippen molar-refractivity contribution in [2.24, 2.45) is 0 Å². The van der Waals surface area contributed by atoms with Crippen molar-refractivity contribution in [2.75, 3.05) is 26.3 Å². The molecule has 1 aromatic heterocycles. The molecule has 2 aromatic rings. The maximum absolute atomic E-state index is 13.4. The number of ether oxygens (including phenoxy) is 1. The molecule has 1 atom stereocenters. The highest BCUT2D eigenvalue weighted by molar-refractivity contribution is 5.19. The summed E-state index contributed by atoms with van der Waals surface area (Å²) in [4.78, 5) is 10.7. The van der Waals surface area contributed by atoms with Crippen LogP contribution in [0.4, 0.5) is 4.39 Å². The predicted octanol–water partition coefficient (Wildman–Crippen LogP) is 1.73. The van der Waals surface area contributed by atoms with Gasteiger partial charge in [0.2, 0.25) is 0 Å². The summed E-state index contributed by atoms with van der Waals surface area (Å²) in [6, 6.07) is 6.45. The van der Waals surface area contributed by atoms with Crippen molar-refractivity contribution in [2.45, 2.75) is 25.5 Å². The number of hydrogen-bond acceptors (Lipinski definition) is 5. The van der Waals surface area contributed by atoms with Crippen LogP contribution in [0.2, 0.25) is 0 Å². The second-order valence-electron chi connectivity index (χ2n) is 6.35. The number of benzene rings is 1. The van der Waals surface area contributed by atoms with Crippen LogP contribution in [-0.4, -0.2) is 51.9 Å². The number of halogens is 1. The van der Waals surface area contributed by atoms with Gasteiger partial charge in [-0.05, 0) is 24.6 Å². The van der Waals surface area contributed by atoms with Gasteiger partial charge in [0.05, 0.1) is 13.2 Å². The minimum absolute atomic E-state index is 0.107. The minimum atomic E-state index is -0.711. The number of morpholine rings is 1. The Morgan fingerprint density at radius 2 is 2.08 bits per heavy atom. The SMILES string of the molecule is Cc1ncc(CN2CCO[C@](CO)(Cc3cccc(F)c3)C2)cn1. The van der Waals surface area contributed by atoms with E-state index >= 15 is 0 Å². The van der Waals surface area contributed by atoms with E-state index < -0.39 is 5.60 Å².